The number of morpholine rings is 1. The third-order valence-electron chi connectivity index (χ3n) is 10.1. The fraction of sp³-hybridized carbons (Fsp3) is 0.412. The molecule has 0 aliphatic carbocycles. The van der Waals surface area contributed by atoms with Crippen molar-refractivity contribution in [1.29, 1.82) is 0 Å². The van der Waals surface area contributed by atoms with E-state index in [0.29, 0.717) is 24.5 Å². The van der Waals surface area contributed by atoms with Gasteiger partial charge in [-0.3, -0.25) is 9.69 Å². The Kier molecular flexibility index (Phi) is 8.17. The summed E-state index contributed by atoms with van der Waals surface area (Å²) in [5.41, 5.74) is 2.29. The lowest BCUT2D eigenvalue weighted by molar-refractivity contribution is -0.115. The number of hydrogen-bond donors (Lipinski definition) is 1. The number of ether oxygens (including phenoxy) is 1. The normalized spacial score (nSPS) is 25.3. The third-order valence-corrected chi connectivity index (χ3v) is 11.3. The van der Waals surface area contributed by atoms with E-state index < -0.39 is 32.2 Å². The van der Waals surface area contributed by atoms with Crippen LogP contribution in [0.3, 0.4) is 0 Å². The quantitative estimate of drug-likeness (QED) is 0.283. The zero-order chi connectivity index (χ0) is 32.2. The fourth-order valence-electron chi connectivity index (χ4n) is 8.01. The highest BCUT2D eigenvalue weighted by Gasteiger charge is 2.45. The van der Waals surface area contributed by atoms with Gasteiger partial charge in [-0.05, 0) is 68.9 Å². The number of primary sulfonamides is 1. The molecule has 2 N–H and O–H groups in total. The van der Waals surface area contributed by atoms with Gasteiger partial charge in [0.2, 0.25) is 10.0 Å². The van der Waals surface area contributed by atoms with Crippen molar-refractivity contribution in [2.75, 3.05) is 26.2 Å². The number of para-hydroxylation sites is 2. The van der Waals surface area contributed by atoms with Crippen molar-refractivity contribution in [1.82, 2.24) is 19.4 Å². The van der Waals surface area contributed by atoms with Gasteiger partial charge in [0.1, 0.15) is 22.1 Å². The molecule has 3 fully saturated rings. The van der Waals surface area contributed by atoms with E-state index in [2.05, 4.69) is 34.6 Å². The smallest absolute Gasteiger partial charge is 0.255 e. The minimum atomic E-state index is -4.40. The van der Waals surface area contributed by atoms with Crippen LogP contribution in [-0.4, -0.2) is 72.0 Å². The molecule has 242 valence electrons. The first-order chi connectivity index (χ1) is 22.0. The number of benzene rings is 3. The van der Waals surface area contributed by atoms with Crippen molar-refractivity contribution >= 4 is 38.6 Å². The number of piperidine rings is 1. The molecule has 9 nitrogen and oxygen atoms in total. The molecule has 4 heterocycles. The van der Waals surface area contributed by atoms with Crippen LogP contribution >= 0.6 is 11.6 Å². The van der Waals surface area contributed by atoms with Crippen LogP contribution in [0, 0.1) is 12.7 Å². The molecule has 3 saturated heterocycles. The average Bonchev–Trinajstić information content (AvgIpc) is 3.49. The summed E-state index contributed by atoms with van der Waals surface area (Å²) >= 11 is 6.28. The molecule has 3 aliphatic heterocycles. The Bertz CT molecular complexity index is 1890. The van der Waals surface area contributed by atoms with E-state index in [1.165, 1.54) is 5.52 Å². The van der Waals surface area contributed by atoms with Gasteiger partial charge >= 0.3 is 0 Å². The van der Waals surface area contributed by atoms with E-state index in [1.54, 1.807) is 4.90 Å². The first kappa shape index (κ1) is 31.3. The zero-order valence-electron chi connectivity index (χ0n) is 25.6. The number of nitrogens with zero attached hydrogens (tertiary/aromatic N) is 4. The number of rotatable bonds is 7. The Morgan fingerprint density at radius 3 is 2.48 bits per heavy atom. The molecule has 0 radical (unpaired) electrons. The van der Waals surface area contributed by atoms with Gasteiger partial charge in [-0.2, -0.15) is 0 Å². The minimum absolute atomic E-state index is 0.113. The van der Waals surface area contributed by atoms with E-state index in [1.807, 2.05) is 36.4 Å². The summed E-state index contributed by atoms with van der Waals surface area (Å²) in [6, 6.07) is 21.3. The molecule has 4 aromatic rings. The molecule has 12 heteroatoms. The predicted molar refractivity (Wildman–Crippen MR) is 174 cm³/mol. The maximum Gasteiger partial charge on any atom is 0.255 e. The number of fused-ring (bicyclic) bond motifs is 3. The highest BCUT2D eigenvalue weighted by molar-refractivity contribution is 7.89. The van der Waals surface area contributed by atoms with Crippen molar-refractivity contribution < 1.29 is 22.3 Å². The van der Waals surface area contributed by atoms with Crippen LogP contribution in [0.4, 0.5) is 4.39 Å². The summed E-state index contributed by atoms with van der Waals surface area (Å²) in [4.78, 5) is 22.1. The van der Waals surface area contributed by atoms with Crippen LogP contribution in [0.5, 0.6) is 0 Å². The number of amides is 1. The van der Waals surface area contributed by atoms with Gasteiger partial charge in [-0.1, -0.05) is 54.1 Å². The summed E-state index contributed by atoms with van der Waals surface area (Å²) in [6.45, 7) is 3.69. The van der Waals surface area contributed by atoms with Crippen molar-refractivity contribution in [3.63, 3.8) is 0 Å². The van der Waals surface area contributed by atoms with Crippen LogP contribution in [-0.2, 0) is 20.4 Å². The summed E-state index contributed by atoms with van der Waals surface area (Å²) in [5.74, 6) is -0.540. The van der Waals surface area contributed by atoms with Gasteiger partial charge in [-0.15, -0.1) is 0 Å². The van der Waals surface area contributed by atoms with Crippen LogP contribution < -0.4 is 5.14 Å². The summed E-state index contributed by atoms with van der Waals surface area (Å²) in [5, 5.41) is 5.04. The van der Waals surface area contributed by atoms with Crippen LogP contribution in [0.2, 0.25) is 5.02 Å². The molecule has 3 aliphatic rings. The number of imidazole rings is 1. The summed E-state index contributed by atoms with van der Waals surface area (Å²) in [6.07, 6.45) is 5.05. The number of hydrogen-bond acceptors (Lipinski definition) is 6. The Hall–Kier alpha value is -3.35. The van der Waals surface area contributed by atoms with Gasteiger partial charge in [0, 0.05) is 31.2 Å². The van der Waals surface area contributed by atoms with Crippen LogP contribution in [0.25, 0.3) is 11.0 Å². The zero-order valence-corrected chi connectivity index (χ0v) is 27.2. The van der Waals surface area contributed by atoms with E-state index in [0.717, 1.165) is 61.3 Å². The lowest BCUT2D eigenvalue weighted by Crippen LogP contribution is -2.54. The first-order valence-corrected chi connectivity index (χ1v) is 17.7. The molecule has 0 spiro atoms. The average molecular weight is 666 g/mol. The molecule has 46 heavy (non-hydrogen) atoms. The van der Waals surface area contributed by atoms with E-state index >= 15 is 0 Å². The molecule has 0 saturated carbocycles. The lowest BCUT2D eigenvalue weighted by atomic mass is 9.87. The molecular formula is C34H37ClFN5O4S. The van der Waals surface area contributed by atoms with Gasteiger partial charge < -0.3 is 14.2 Å². The molecule has 1 amide bonds. The predicted octanol–water partition coefficient (Wildman–Crippen LogP) is 5.41. The number of halogens is 2. The standard InChI is InChI=1S/C34H37ClFN5O4S/c1-22-38-30-9-5-6-10-31(30)41(22)26-17-24-11-12-25(18-26)40(24)14-13-34(23-7-3-2-4-8-23)21-39(15-16-45-34)33(42)27-19-32(46(37,43)44)29(36)20-28(27)35/h2-10,19-20,24-26H,11-18,21H2,1H3,(H2,37,43,44)/t24-,25+,26?,34?. The molecule has 2 bridgehead atoms. The molecule has 7 rings (SSSR count). The minimum Gasteiger partial charge on any atom is -0.367 e. The number of carbonyl (C=O) groups is 1. The largest absolute Gasteiger partial charge is 0.367 e. The molecular weight excluding hydrogens is 629 g/mol. The Labute approximate surface area is 273 Å². The first-order valence-electron chi connectivity index (χ1n) is 15.7. The van der Waals surface area contributed by atoms with Gasteiger partial charge in [0.25, 0.3) is 5.91 Å². The number of nitrogens with two attached hydrogens (primary N) is 1. The highest BCUT2D eigenvalue weighted by atomic mass is 35.5. The maximum atomic E-state index is 14.4. The molecule has 1 aromatic heterocycles. The van der Waals surface area contributed by atoms with E-state index in [-0.39, 0.29) is 30.3 Å². The Balaban J connectivity index is 1.13. The summed E-state index contributed by atoms with van der Waals surface area (Å²) < 4.78 is 47.4. The van der Waals surface area contributed by atoms with Crippen molar-refractivity contribution in [2.45, 2.75) is 67.6 Å². The van der Waals surface area contributed by atoms with Gasteiger partial charge in [0.05, 0.1) is 34.8 Å². The third kappa shape index (κ3) is 5.62. The second-order valence-corrected chi connectivity index (χ2v) is 14.7. The van der Waals surface area contributed by atoms with Gasteiger partial charge in [0.15, 0.2) is 0 Å². The van der Waals surface area contributed by atoms with Gasteiger partial charge in [-0.25, -0.2) is 22.9 Å². The second kappa shape index (κ2) is 12.0. The van der Waals surface area contributed by atoms with E-state index in [9.17, 15) is 17.6 Å². The monoisotopic (exact) mass is 665 g/mol. The Morgan fingerprint density at radius 1 is 1.07 bits per heavy atom. The number of aromatic nitrogens is 2. The van der Waals surface area contributed by atoms with E-state index in [4.69, 9.17) is 26.5 Å². The van der Waals surface area contributed by atoms with Crippen molar-refractivity contribution in [3.05, 3.63) is 94.5 Å². The number of carbonyl (C=O) groups excluding carboxylic acids is 1. The second-order valence-electron chi connectivity index (χ2n) is 12.8. The fourth-order valence-corrected chi connectivity index (χ4v) is 8.85. The molecule has 2 unspecified atom stereocenters. The molecule has 4 atom stereocenters. The number of sulfonamides is 1. The van der Waals surface area contributed by atoms with Crippen LogP contribution in [0.1, 0.15) is 59.9 Å². The Morgan fingerprint density at radius 2 is 1.76 bits per heavy atom. The topological polar surface area (TPSA) is 111 Å². The van der Waals surface area contributed by atoms with Crippen LogP contribution in [0.15, 0.2) is 71.6 Å². The lowest BCUT2D eigenvalue weighted by Gasteiger charge is -2.46. The van der Waals surface area contributed by atoms with Crippen molar-refractivity contribution in [3.8, 4) is 0 Å². The molecule has 3 aromatic carbocycles. The maximum absolute atomic E-state index is 14.4. The highest BCUT2D eigenvalue weighted by Crippen LogP contribution is 2.44. The number of aryl methyl sites for hydroxylation is 1. The SMILES string of the molecule is Cc1nc2ccccc2n1C1C[C@H]2CC[C@@H](C1)N2CCC1(c2ccccc2)CN(C(=O)c2cc(S(N)(=O)=O)c(F)cc2Cl)CCO1. The summed E-state index contributed by atoms with van der Waals surface area (Å²) in [7, 11) is -4.40. The van der Waals surface area contributed by atoms with Crippen molar-refractivity contribution in [2.24, 2.45) is 5.14 Å².